The first-order valence-corrected chi connectivity index (χ1v) is 5.73. The summed E-state index contributed by atoms with van der Waals surface area (Å²) in [6.45, 7) is 6.95. The average Bonchev–Trinajstić information content (AvgIpc) is 2.62. The second-order valence-electron chi connectivity index (χ2n) is 4.59. The highest BCUT2D eigenvalue weighted by Crippen LogP contribution is 2.09. The van der Waals surface area contributed by atoms with Crippen LogP contribution in [0.3, 0.4) is 0 Å². The number of carbonyl (C=O) groups excluding carboxylic acids is 2. The van der Waals surface area contributed by atoms with Gasteiger partial charge in [0.1, 0.15) is 12.1 Å². The average molecular weight is 271 g/mol. The molecule has 1 aromatic heterocycles. The minimum absolute atomic E-state index is 0.0160. The molecule has 0 saturated heterocycles. The summed E-state index contributed by atoms with van der Waals surface area (Å²) in [5, 5.41) is 12.9. The van der Waals surface area contributed by atoms with E-state index in [2.05, 4.69) is 20.8 Å². The minimum atomic E-state index is -0.701. The fourth-order valence-electron chi connectivity index (χ4n) is 1.12. The van der Waals surface area contributed by atoms with E-state index in [1.54, 1.807) is 27.7 Å². The van der Waals surface area contributed by atoms with E-state index in [1.807, 2.05) is 0 Å². The van der Waals surface area contributed by atoms with Crippen molar-refractivity contribution >= 4 is 18.0 Å². The lowest BCUT2D eigenvalue weighted by Gasteiger charge is -2.19. The molecule has 9 nitrogen and oxygen atoms in total. The number of ether oxygens (including phenoxy) is 2. The second kappa shape index (κ2) is 6.12. The molecule has 0 aliphatic carbocycles. The molecule has 1 amide bonds. The van der Waals surface area contributed by atoms with Crippen LogP contribution in [0.15, 0.2) is 0 Å². The molecule has 0 aromatic carbocycles. The van der Waals surface area contributed by atoms with Crippen molar-refractivity contribution in [3.63, 3.8) is 0 Å². The minimum Gasteiger partial charge on any atom is -0.465 e. The molecule has 19 heavy (non-hydrogen) atoms. The Balaban J connectivity index is 2.62. The number of aromatic nitrogens is 4. The van der Waals surface area contributed by atoms with Crippen molar-refractivity contribution in [3.8, 4) is 0 Å². The van der Waals surface area contributed by atoms with E-state index in [0.29, 0.717) is 0 Å². The Bertz CT molecular complexity index is 451. The van der Waals surface area contributed by atoms with E-state index in [9.17, 15) is 9.59 Å². The van der Waals surface area contributed by atoms with Crippen molar-refractivity contribution < 1.29 is 19.1 Å². The smallest absolute Gasteiger partial charge is 0.414 e. The number of nitrogens with zero attached hydrogens (tertiary/aromatic N) is 4. The molecule has 0 unspecified atom stereocenters. The molecule has 1 rings (SSSR count). The summed E-state index contributed by atoms with van der Waals surface area (Å²) in [6.07, 6.45) is -0.701. The van der Waals surface area contributed by atoms with Crippen LogP contribution in [0.25, 0.3) is 0 Å². The van der Waals surface area contributed by atoms with Gasteiger partial charge in [0, 0.05) is 0 Å². The summed E-state index contributed by atoms with van der Waals surface area (Å²) in [5.74, 6) is -0.482. The Hall–Kier alpha value is -2.19. The van der Waals surface area contributed by atoms with Crippen LogP contribution in [-0.2, 0) is 20.8 Å². The Morgan fingerprint density at radius 3 is 2.63 bits per heavy atom. The molecule has 0 fully saturated rings. The topological polar surface area (TPSA) is 108 Å². The summed E-state index contributed by atoms with van der Waals surface area (Å²) < 4.78 is 10.9. The zero-order valence-corrected chi connectivity index (χ0v) is 11.3. The van der Waals surface area contributed by atoms with Crippen molar-refractivity contribution in [3.05, 3.63) is 0 Å². The molecule has 1 aromatic rings. The van der Waals surface area contributed by atoms with Crippen LogP contribution in [0.1, 0.15) is 27.7 Å². The highest BCUT2D eigenvalue weighted by Gasteiger charge is 2.19. The maximum absolute atomic E-state index is 11.5. The number of amides is 1. The van der Waals surface area contributed by atoms with Gasteiger partial charge in [-0.25, -0.2) is 9.48 Å². The molecule has 1 N–H and O–H groups in total. The molecule has 9 heteroatoms. The molecule has 0 atom stereocenters. The third-order valence-corrected chi connectivity index (χ3v) is 1.73. The van der Waals surface area contributed by atoms with Crippen molar-refractivity contribution in [2.75, 3.05) is 11.9 Å². The third-order valence-electron chi connectivity index (χ3n) is 1.73. The highest BCUT2D eigenvalue weighted by atomic mass is 16.6. The maximum Gasteiger partial charge on any atom is 0.414 e. The predicted octanol–water partition coefficient (Wildman–Crippen LogP) is 0.583. The Kier molecular flexibility index (Phi) is 4.79. The van der Waals surface area contributed by atoms with E-state index < -0.39 is 17.7 Å². The van der Waals surface area contributed by atoms with Crippen LogP contribution in [0.5, 0.6) is 0 Å². The first-order valence-electron chi connectivity index (χ1n) is 5.73. The molecule has 0 aliphatic rings. The van der Waals surface area contributed by atoms with Gasteiger partial charge >= 0.3 is 12.1 Å². The lowest BCUT2D eigenvalue weighted by molar-refractivity contribution is -0.144. The van der Waals surface area contributed by atoms with Crippen LogP contribution in [0.4, 0.5) is 10.7 Å². The molecule has 1 heterocycles. The fraction of sp³-hybridized carbons (Fsp3) is 0.700. The molecule has 0 spiro atoms. The second-order valence-corrected chi connectivity index (χ2v) is 4.59. The predicted molar refractivity (Wildman–Crippen MR) is 64.3 cm³/mol. The van der Waals surface area contributed by atoms with Crippen LogP contribution < -0.4 is 5.32 Å². The maximum atomic E-state index is 11.5. The summed E-state index contributed by atoms with van der Waals surface area (Å²) in [7, 11) is 0. The summed E-state index contributed by atoms with van der Waals surface area (Å²) >= 11 is 0. The van der Waals surface area contributed by atoms with Crippen molar-refractivity contribution in [1.29, 1.82) is 0 Å². The van der Waals surface area contributed by atoms with Gasteiger partial charge in [-0.1, -0.05) is 5.10 Å². The van der Waals surface area contributed by atoms with Gasteiger partial charge in [0.15, 0.2) is 0 Å². The van der Waals surface area contributed by atoms with Gasteiger partial charge < -0.3 is 9.47 Å². The van der Waals surface area contributed by atoms with Crippen LogP contribution in [0.2, 0.25) is 0 Å². The Morgan fingerprint density at radius 1 is 1.37 bits per heavy atom. The van der Waals surface area contributed by atoms with Crippen molar-refractivity contribution in [2.45, 2.75) is 39.8 Å². The SMILES string of the molecule is CCOC(=O)Cn1nnnc1NC(=O)OC(C)(C)C. The summed E-state index contributed by atoms with van der Waals surface area (Å²) in [6, 6.07) is 0. The zero-order chi connectivity index (χ0) is 14.5. The number of carbonyl (C=O) groups is 2. The standard InChI is InChI=1S/C10H17N5O4/c1-5-18-7(16)6-15-8(12-13-14-15)11-9(17)19-10(2,3)4/h5-6H2,1-4H3,(H,11,12,14,17). The van der Waals surface area contributed by atoms with Gasteiger partial charge in [0.05, 0.1) is 6.61 Å². The van der Waals surface area contributed by atoms with E-state index >= 15 is 0 Å². The van der Waals surface area contributed by atoms with E-state index in [0.717, 1.165) is 4.68 Å². The quantitative estimate of drug-likeness (QED) is 0.798. The molecule has 0 bridgehead atoms. The van der Waals surface area contributed by atoms with Crippen molar-refractivity contribution in [2.24, 2.45) is 0 Å². The van der Waals surface area contributed by atoms with Gasteiger partial charge in [0.2, 0.25) is 0 Å². The van der Waals surface area contributed by atoms with Gasteiger partial charge in [-0.3, -0.25) is 10.1 Å². The van der Waals surface area contributed by atoms with Gasteiger partial charge in [-0.15, -0.1) is 0 Å². The first kappa shape index (κ1) is 14.9. The molecular formula is C10H17N5O4. The molecule has 0 saturated carbocycles. The Labute approximate surface area is 110 Å². The number of anilines is 1. The first-order chi connectivity index (χ1) is 8.81. The monoisotopic (exact) mass is 271 g/mol. The van der Waals surface area contributed by atoms with E-state index in [-0.39, 0.29) is 19.1 Å². The summed E-state index contributed by atoms with van der Waals surface area (Å²) in [4.78, 5) is 22.8. The normalized spacial score (nSPS) is 10.9. The number of esters is 1. The number of rotatable bonds is 4. The Morgan fingerprint density at radius 2 is 2.05 bits per heavy atom. The van der Waals surface area contributed by atoms with Crippen LogP contribution in [-0.4, -0.2) is 44.5 Å². The van der Waals surface area contributed by atoms with Crippen LogP contribution >= 0.6 is 0 Å². The lowest BCUT2D eigenvalue weighted by atomic mass is 10.2. The van der Waals surface area contributed by atoms with E-state index in [4.69, 9.17) is 9.47 Å². The molecule has 106 valence electrons. The number of nitrogens with one attached hydrogen (secondary N) is 1. The van der Waals surface area contributed by atoms with Crippen LogP contribution in [0, 0.1) is 0 Å². The number of hydrogen-bond donors (Lipinski definition) is 1. The number of tetrazole rings is 1. The number of hydrogen-bond acceptors (Lipinski definition) is 7. The third kappa shape index (κ3) is 5.32. The van der Waals surface area contributed by atoms with E-state index in [1.165, 1.54) is 0 Å². The van der Waals surface area contributed by atoms with Gasteiger partial charge in [-0.05, 0) is 38.1 Å². The van der Waals surface area contributed by atoms with Gasteiger partial charge in [0.25, 0.3) is 5.95 Å². The lowest BCUT2D eigenvalue weighted by Crippen LogP contribution is -2.28. The zero-order valence-electron chi connectivity index (χ0n) is 11.3. The molecular weight excluding hydrogens is 254 g/mol. The fourth-order valence-corrected chi connectivity index (χ4v) is 1.12. The van der Waals surface area contributed by atoms with Gasteiger partial charge in [-0.2, -0.15) is 0 Å². The summed E-state index contributed by atoms with van der Waals surface area (Å²) in [5.41, 5.74) is -0.635. The molecule has 0 aliphatic heterocycles. The largest absolute Gasteiger partial charge is 0.465 e. The van der Waals surface area contributed by atoms with Crippen molar-refractivity contribution in [1.82, 2.24) is 20.2 Å². The highest BCUT2D eigenvalue weighted by molar-refractivity contribution is 5.82. The molecule has 0 radical (unpaired) electrons.